The van der Waals surface area contributed by atoms with Crippen LogP contribution in [0.25, 0.3) is 0 Å². The second-order valence-electron chi connectivity index (χ2n) is 12.3. The van der Waals surface area contributed by atoms with Gasteiger partial charge in [0.2, 0.25) is 0 Å². The zero-order valence-electron chi connectivity index (χ0n) is 28.2. The largest absolute Gasteiger partial charge is 0.503 e. The Labute approximate surface area is 322 Å². The van der Waals surface area contributed by atoms with Gasteiger partial charge in [-0.15, -0.1) is 0 Å². The Morgan fingerprint density at radius 2 is 1.10 bits per heavy atom. The quantitative estimate of drug-likeness (QED) is 0.165. The lowest BCUT2D eigenvalue weighted by molar-refractivity contribution is -0.130. The molecule has 0 aromatic heterocycles. The highest BCUT2D eigenvalue weighted by Gasteiger charge is 2.43. The van der Waals surface area contributed by atoms with E-state index in [1.54, 1.807) is 11.0 Å². The number of carbonyl (C=O) groups excluding carboxylic acids is 4. The summed E-state index contributed by atoms with van der Waals surface area (Å²) in [4.78, 5) is 52.3. The predicted octanol–water partition coefficient (Wildman–Crippen LogP) is 8.74. The molecule has 2 aliphatic rings. The Balaban J connectivity index is 0.000000201. The van der Waals surface area contributed by atoms with E-state index in [-0.39, 0.29) is 28.5 Å². The molecule has 0 aliphatic carbocycles. The number of rotatable bonds is 10. The molecule has 12 heteroatoms. The van der Waals surface area contributed by atoms with E-state index in [4.69, 9.17) is 11.6 Å². The van der Waals surface area contributed by atoms with E-state index in [0.29, 0.717) is 24.9 Å². The third kappa shape index (κ3) is 8.38. The summed E-state index contributed by atoms with van der Waals surface area (Å²) in [7, 11) is 0. The SMILES string of the molecule is CC(=O)C1=C(O)C(=O)N(CCc2ccccc2)C1c1ccc(Br)c(Br)c1.CC(=O)C1=C(O)C(=O)N(CCc2ccccc2)C1c1ccc(Cl)c(F)c1. The highest BCUT2D eigenvalue weighted by Crippen LogP contribution is 2.40. The number of nitrogens with zero attached hydrogens (tertiary/aromatic N) is 2. The van der Waals surface area contributed by atoms with E-state index in [1.165, 1.54) is 30.9 Å². The number of halogens is 4. The van der Waals surface area contributed by atoms with Crippen LogP contribution in [0.15, 0.2) is 129 Å². The molecule has 2 heterocycles. The molecule has 8 nitrogen and oxygen atoms in total. The van der Waals surface area contributed by atoms with Gasteiger partial charge in [0.1, 0.15) is 5.82 Å². The first kappa shape index (κ1) is 38.6. The van der Waals surface area contributed by atoms with Crippen molar-refractivity contribution in [3.8, 4) is 0 Å². The minimum atomic E-state index is -0.838. The zero-order chi connectivity index (χ0) is 37.7. The van der Waals surface area contributed by atoms with Gasteiger partial charge in [0.05, 0.1) is 28.3 Å². The molecular formula is C40H34Br2ClFN2O6. The number of aliphatic hydroxyl groups is 2. The highest BCUT2D eigenvalue weighted by atomic mass is 79.9. The van der Waals surface area contributed by atoms with Crippen LogP contribution in [0.2, 0.25) is 5.02 Å². The number of aliphatic hydroxyl groups excluding tert-OH is 2. The van der Waals surface area contributed by atoms with E-state index in [2.05, 4.69) is 31.9 Å². The van der Waals surface area contributed by atoms with Crippen molar-refractivity contribution < 1.29 is 33.8 Å². The first-order chi connectivity index (χ1) is 24.8. The Hall–Kier alpha value is -4.58. The summed E-state index contributed by atoms with van der Waals surface area (Å²) >= 11 is 12.6. The van der Waals surface area contributed by atoms with Crippen LogP contribution in [0.4, 0.5) is 4.39 Å². The second kappa shape index (κ2) is 16.8. The molecule has 0 bridgehead atoms. The topological polar surface area (TPSA) is 115 Å². The molecule has 0 saturated heterocycles. The molecule has 2 unspecified atom stereocenters. The van der Waals surface area contributed by atoms with Crippen LogP contribution >= 0.6 is 43.5 Å². The number of Topliss-reactive ketones (excluding diaryl/α,β-unsaturated/α-hetero) is 2. The van der Waals surface area contributed by atoms with E-state index < -0.39 is 47.0 Å². The second-order valence-corrected chi connectivity index (χ2v) is 14.4. The van der Waals surface area contributed by atoms with Crippen molar-refractivity contribution >= 4 is 66.8 Å². The normalized spacial score (nSPS) is 17.1. The molecule has 2 N–H and O–H groups in total. The summed E-state index contributed by atoms with van der Waals surface area (Å²) in [5.74, 6) is -3.54. The van der Waals surface area contributed by atoms with Gasteiger partial charge in [-0.05, 0) is 105 Å². The van der Waals surface area contributed by atoms with Gasteiger partial charge in [0, 0.05) is 22.0 Å². The summed E-state index contributed by atoms with van der Waals surface area (Å²) in [6.07, 6.45) is 1.18. The molecule has 6 rings (SSSR count). The Kier molecular flexibility index (Phi) is 12.5. The lowest BCUT2D eigenvalue weighted by Crippen LogP contribution is -2.33. The molecule has 2 aliphatic heterocycles. The lowest BCUT2D eigenvalue weighted by atomic mass is 9.96. The predicted molar refractivity (Wildman–Crippen MR) is 203 cm³/mol. The minimum absolute atomic E-state index is 0.0233. The number of ketones is 2. The Bertz CT molecular complexity index is 1940. The lowest BCUT2D eigenvalue weighted by Gasteiger charge is -2.27. The third-order valence-electron chi connectivity index (χ3n) is 8.85. The fourth-order valence-corrected chi connectivity index (χ4v) is 7.09. The van der Waals surface area contributed by atoms with Crippen LogP contribution < -0.4 is 0 Å². The average molecular weight is 853 g/mol. The van der Waals surface area contributed by atoms with E-state index >= 15 is 0 Å². The first-order valence-electron chi connectivity index (χ1n) is 16.3. The van der Waals surface area contributed by atoms with E-state index in [1.807, 2.05) is 78.9 Å². The van der Waals surface area contributed by atoms with Crippen LogP contribution in [0.1, 0.15) is 48.2 Å². The van der Waals surface area contributed by atoms with Gasteiger partial charge in [0.15, 0.2) is 23.1 Å². The average Bonchev–Trinajstić information content (AvgIpc) is 3.54. The number of amides is 2. The summed E-state index contributed by atoms with van der Waals surface area (Å²) in [5, 5.41) is 20.4. The molecular weight excluding hydrogens is 819 g/mol. The van der Waals surface area contributed by atoms with Crippen molar-refractivity contribution in [1.29, 1.82) is 0 Å². The standard InChI is InChI=1S/C20H17Br2NO3.C20H17ClFNO3/c2*1-12(24)17-18(14-7-8-15(21)16(22)11-14)23(20(26)19(17)25)10-9-13-5-3-2-4-6-13/h2*2-8,11,18,25H,9-10H2,1H3. The van der Waals surface area contributed by atoms with Crippen molar-refractivity contribution in [3.63, 3.8) is 0 Å². The van der Waals surface area contributed by atoms with Crippen molar-refractivity contribution in [2.24, 2.45) is 0 Å². The number of hydrogen-bond acceptors (Lipinski definition) is 6. The maximum Gasteiger partial charge on any atom is 0.290 e. The van der Waals surface area contributed by atoms with Crippen LogP contribution in [-0.4, -0.2) is 56.5 Å². The van der Waals surface area contributed by atoms with Crippen molar-refractivity contribution in [3.05, 3.63) is 162 Å². The smallest absolute Gasteiger partial charge is 0.290 e. The molecule has 268 valence electrons. The van der Waals surface area contributed by atoms with Crippen molar-refractivity contribution in [2.75, 3.05) is 13.1 Å². The van der Waals surface area contributed by atoms with Gasteiger partial charge in [-0.1, -0.05) is 84.4 Å². The fraction of sp³-hybridized carbons (Fsp3) is 0.200. The first-order valence-corrected chi connectivity index (χ1v) is 18.2. The van der Waals surface area contributed by atoms with Gasteiger partial charge < -0.3 is 20.0 Å². The van der Waals surface area contributed by atoms with E-state index in [0.717, 1.165) is 25.6 Å². The molecule has 0 spiro atoms. The molecule has 2 amide bonds. The molecule has 4 aromatic rings. The van der Waals surface area contributed by atoms with Crippen LogP contribution in [0.3, 0.4) is 0 Å². The van der Waals surface area contributed by atoms with Gasteiger partial charge in [0.25, 0.3) is 11.8 Å². The monoisotopic (exact) mass is 850 g/mol. The number of carbonyl (C=O) groups is 4. The molecule has 0 fully saturated rings. The molecule has 0 saturated carbocycles. The van der Waals surface area contributed by atoms with Gasteiger partial charge in [-0.3, -0.25) is 19.2 Å². The minimum Gasteiger partial charge on any atom is -0.503 e. The third-order valence-corrected chi connectivity index (χ3v) is 11.0. The summed E-state index contributed by atoms with van der Waals surface area (Å²) in [5.41, 5.74) is 3.39. The Morgan fingerprint density at radius 3 is 1.50 bits per heavy atom. The fourth-order valence-electron chi connectivity index (χ4n) is 6.33. The van der Waals surface area contributed by atoms with Gasteiger partial charge in [-0.25, -0.2) is 4.39 Å². The molecule has 2 atom stereocenters. The molecule has 0 radical (unpaired) electrons. The maximum atomic E-state index is 13.9. The van der Waals surface area contributed by atoms with Crippen LogP contribution in [-0.2, 0) is 32.0 Å². The summed E-state index contributed by atoms with van der Waals surface area (Å²) < 4.78 is 15.6. The van der Waals surface area contributed by atoms with Crippen LogP contribution in [0.5, 0.6) is 0 Å². The molecule has 52 heavy (non-hydrogen) atoms. The number of benzene rings is 4. The van der Waals surface area contributed by atoms with E-state index in [9.17, 15) is 33.8 Å². The maximum absolute atomic E-state index is 13.9. The summed E-state index contributed by atoms with van der Waals surface area (Å²) in [6.45, 7) is 3.33. The number of hydrogen-bond donors (Lipinski definition) is 2. The summed E-state index contributed by atoms with van der Waals surface area (Å²) in [6, 6.07) is 27.6. The zero-order valence-corrected chi connectivity index (χ0v) is 32.1. The van der Waals surface area contributed by atoms with Crippen LogP contribution in [0, 0.1) is 5.82 Å². The molecule has 4 aromatic carbocycles. The highest BCUT2D eigenvalue weighted by molar-refractivity contribution is 9.13. The van der Waals surface area contributed by atoms with Gasteiger partial charge >= 0.3 is 0 Å². The van der Waals surface area contributed by atoms with Crippen molar-refractivity contribution in [2.45, 2.75) is 38.8 Å². The Morgan fingerprint density at radius 1 is 0.673 bits per heavy atom. The van der Waals surface area contributed by atoms with Crippen molar-refractivity contribution in [1.82, 2.24) is 9.80 Å². The van der Waals surface area contributed by atoms with Gasteiger partial charge in [-0.2, -0.15) is 0 Å².